The third-order valence-electron chi connectivity index (χ3n) is 2.69. The summed E-state index contributed by atoms with van der Waals surface area (Å²) in [5, 5.41) is 3.31. The summed E-state index contributed by atoms with van der Waals surface area (Å²) in [4.78, 5) is 0. The lowest BCUT2D eigenvalue weighted by Crippen LogP contribution is -2.20. The predicted molar refractivity (Wildman–Crippen MR) is 65.6 cm³/mol. The monoisotopic (exact) mass is 199 g/mol. The second-order valence-electron chi connectivity index (χ2n) is 5.38. The van der Waals surface area contributed by atoms with Crippen LogP contribution in [0.5, 0.6) is 0 Å². The highest BCUT2D eigenvalue weighted by Gasteiger charge is 2.09. The molecular formula is C13H29N. The first-order chi connectivity index (χ1) is 6.56. The van der Waals surface area contributed by atoms with Crippen LogP contribution in [0.15, 0.2) is 0 Å². The van der Waals surface area contributed by atoms with E-state index in [2.05, 4.69) is 40.1 Å². The molecule has 1 N–H and O–H groups in total. The van der Waals surface area contributed by atoms with Crippen LogP contribution in [0, 0.1) is 17.8 Å². The van der Waals surface area contributed by atoms with Crippen molar-refractivity contribution in [2.45, 2.75) is 53.4 Å². The molecule has 0 saturated carbocycles. The molecule has 0 radical (unpaired) electrons. The third kappa shape index (κ3) is 8.55. The van der Waals surface area contributed by atoms with Crippen LogP contribution in [-0.4, -0.2) is 13.6 Å². The van der Waals surface area contributed by atoms with E-state index in [9.17, 15) is 0 Å². The fourth-order valence-electron chi connectivity index (χ4n) is 2.07. The van der Waals surface area contributed by atoms with Gasteiger partial charge in [0.2, 0.25) is 0 Å². The third-order valence-corrected chi connectivity index (χ3v) is 2.69. The summed E-state index contributed by atoms with van der Waals surface area (Å²) in [5.74, 6) is 2.59. The van der Waals surface area contributed by atoms with E-state index in [0.717, 1.165) is 17.8 Å². The van der Waals surface area contributed by atoms with E-state index < -0.39 is 0 Å². The number of rotatable bonds is 8. The highest BCUT2D eigenvalue weighted by molar-refractivity contribution is 4.64. The van der Waals surface area contributed by atoms with E-state index in [1.807, 2.05) is 0 Å². The quantitative estimate of drug-likeness (QED) is 0.628. The average molecular weight is 199 g/mol. The minimum Gasteiger partial charge on any atom is -0.319 e. The van der Waals surface area contributed by atoms with Gasteiger partial charge in [-0.1, -0.05) is 40.5 Å². The molecule has 0 heterocycles. The van der Waals surface area contributed by atoms with Crippen LogP contribution >= 0.6 is 0 Å². The van der Waals surface area contributed by atoms with Crippen molar-refractivity contribution in [3.8, 4) is 0 Å². The molecule has 14 heavy (non-hydrogen) atoms. The van der Waals surface area contributed by atoms with Gasteiger partial charge in [-0.2, -0.15) is 0 Å². The summed E-state index contributed by atoms with van der Waals surface area (Å²) in [6.07, 6.45) is 5.56. The lowest BCUT2D eigenvalue weighted by atomic mass is 9.91. The van der Waals surface area contributed by atoms with Crippen LogP contribution in [0.4, 0.5) is 0 Å². The first-order valence-electron chi connectivity index (χ1n) is 6.20. The van der Waals surface area contributed by atoms with Gasteiger partial charge in [-0.25, -0.2) is 0 Å². The molecule has 0 bridgehead atoms. The Hall–Kier alpha value is -0.0400. The maximum Gasteiger partial charge on any atom is -0.00234 e. The van der Waals surface area contributed by atoms with Crippen molar-refractivity contribution in [2.75, 3.05) is 13.6 Å². The highest BCUT2D eigenvalue weighted by Crippen LogP contribution is 2.19. The fraction of sp³-hybridized carbons (Fsp3) is 1.00. The molecule has 0 aromatic rings. The molecule has 1 nitrogen and oxygen atoms in total. The van der Waals surface area contributed by atoms with E-state index >= 15 is 0 Å². The SMILES string of the molecule is CNCC(CCCC(C)C)CC(C)C. The van der Waals surface area contributed by atoms with Gasteiger partial charge in [-0.05, 0) is 44.2 Å². The number of nitrogens with one attached hydrogen (secondary N) is 1. The standard InChI is InChI=1S/C13H29N/c1-11(2)7-6-8-13(10-14-5)9-12(3)4/h11-14H,6-10H2,1-5H3. The Morgan fingerprint density at radius 2 is 1.57 bits per heavy atom. The van der Waals surface area contributed by atoms with E-state index in [0.29, 0.717) is 0 Å². The Morgan fingerprint density at radius 3 is 2.00 bits per heavy atom. The summed E-state index contributed by atoms with van der Waals surface area (Å²) in [6.45, 7) is 10.5. The molecule has 86 valence electrons. The maximum absolute atomic E-state index is 3.31. The molecule has 0 spiro atoms. The van der Waals surface area contributed by atoms with Gasteiger partial charge in [0.05, 0.1) is 0 Å². The van der Waals surface area contributed by atoms with Crippen molar-refractivity contribution in [1.29, 1.82) is 0 Å². The largest absolute Gasteiger partial charge is 0.319 e. The Bertz CT molecular complexity index is 118. The van der Waals surface area contributed by atoms with Crippen molar-refractivity contribution in [3.05, 3.63) is 0 Å². The van der Waals surface area contributed by atoms with Gasteiger partial charge in [0, 0.05) is 0 Å². The van der Waals surface area contributed by atoms with Crippen LogP contribution in [-0.2, 0) is 0 Å². The first-order valence-corrected chi connectivity index (χ1v) is 6.20. The number of hydrogen-bond acceptors (Lipinski definition) is 1. The molecule has 0 rings (SSSR count). The van der Waals surface area contributed by atoms with Gasteiger partial charge in [-0.3, -0.25) is 0 Å². The molecule has 0 aliphatic carbocycles. The van der Waals surface area contributed by atoms with E-state index in [1.54, 1.807) is 0 Å². The molecule has 0 aromatic carbocycles. The zero-order valence-electron chi connectivity index (χ0n) is 10.8. The molecule has 1 heteroatoms. The lowest BCUT2D eigenvalue weighted by Gasteiger charge is -2.19. The summed E-state index contributed by atoms with van der Waals surface area (Å²) in [5.41, 5.74) is 0. The van der Waals surface area contributed by atoms with E-state index in [4.69, 9.17) is 0 Å². The molecule has 0 aliphatic heterocycles. The van der Waals surface area contributed by atoms with Crippen molar-refractivity contribution in [1.82, 2.24) is 5.32 Å². The number of hydrogen-bond donors (Lipinski definition) is 1. The van der Waals surface area contributed by atoms with Gasteiger partial charge in [0.1, 0.15) is 0 Å². The van der Waals surface area contributed by atoms with Crippen molar-refractivity contribution >= 4 is 0 Å². The van der Waals surface area contributed by atoms with Crippen LogP contribution in [0.2, 0.25) is 0 Å². The Kier molecular flexibility index (Phi) is 8.26. The Labute approximate surface area is 90.7 Å². The smallest absolute Gasteiger partial charge is 0.00234 e. The highest BCUT2D eigenvalue weighted by atomic mass is 14.8. The van der Waals surface area contributed by atoms with E-state index in [1.165, 1.54) is 32.2 Å². The summed E-state index contributed by atoms with van der Waals surface area (Å²) < 4.78 is 0. The Morgan fingerprint density at radius 1 is 0.929 bits per heavy atom. The van der Waals surface area contributed by atoms with Crippen LogP contribution in [0.3, 0.4) is 0 Å². The second kappa shape index (κ2) is 8.28. The molecule has 0 aromatic heterocycles. The zero-order chi connectivity index (χ0) is 11.0. The molecular weight excluding hydrogens is 170 g/mol. The normalized spacial score (nSPS) is 13.9. The summed E-state index contributed by atoms with van der Waals surface area (Å²) >= 11 is 0. The molecule has 0 fully saturated rings. The predicted octanol–water partition coefficient (Wildman–Crippen LogP) is 3.69. The molecule has 0 aliphatic rings. The van der Waals surface area contributed by atoms with Crippen molar-refractivity contribution < 1.29 is 0 Å². The maximum atomic E-state index is 3.31. The van der Waals surface area contributed by atoms with Gasteiger partial charge >= 0.3 is 0 Å². The second-order valence-corrected chi connectivity index (χ2v) is 5.38. The van der Waals surface area contributed by atoms with Crippen molar-refractivity contribution in [2.24, 2.45) is 17.8 Å². The first kappa shape index (κ1) is 14.0. The lowest BCUT2D eigenvalue weighted by molar-refractivity contribution is 0.355. The van der Waals surface area contributed by atoms with Gasteiger partial charge in [-0.15, -0.1) is 0 Å². The van der Waals surface area contributed by atoms with Gasteiger partial charge < -0.3 is 5.32 Å². The van der Waals surface area contributed by atoms with E-state index in [-0.39, 0.29) is 0 Å². The van der Waals surface area contributed by atoms with Crippen molar-refractivity contribution in [3.63, 3.8) is 0 Å². The van der Waals surface area contributed by atoms with Crippen LogP contribution < -0.4 is 5.32 Å². The summed E-state index contributed by atoms with van der Waals surface area (Å²) in [7, 11) is 2.07. The molecule has 0 saturated heterocycles. The fourth-order valence-corrected chi connectivity index (χ4v) is 2.07. The minimum absolute atomic E-state index is 0.840. The van der Waals surface area contributed by atoms with Gasteiger partial charge in [0.25, 0.3) is 0 Å². The topological polar surface area (TPSA) is 12.0 Å². The zero-order valence-corrected chi connectivity index (χ0v) is 10.8. The van der Waals surface area contributed by atoms with Gasteiger partial charge in [0.15, 0.2) is 0 Å². The molecule has 1 atom stereocenters. The van der Waals surface area contributed by atoms with Crippen LogP contribution in [0.25, 0.3) is 0 Å². The van der Waals surface area contributed by atoms with Crippen LogP contribution in [0.1, 0.15) is 53.4 Å². The molecule has 1 unspecified atom stereocenters. The average Bonchev–Trinajstić information content (AvgIpc) is 2.02. The Balaban J connectivity index is 3.61. The molecule has 0 amide bonds. The minimum atomic E-state index is 0.840. The summed E-state index contributed by atoms with van der Waals surface area (Å²) in [6, 6.07) is 0.